The summed E-state index contributed by atoms with van der Waals surface area (Å²) in [5.74, 6) is 0.756. The van der Waals surface area contributed by atoms with Crippen molar-refractivity contribution in [3.63, 3.8) is 0 Å². The van der Waals surface area contributed by atoms with E-state index in [9.17, 15) is 20.1 Å². The Balaban J connectivity index is 1.91. The Hall–Kier alpha value is -2.13. The molecule has 1 aromatic rings. The molecule has 1 heterocycles. The van der Waals surface area contributed by atoms with Crippen LogP contribution in [-0.4, -0.2) is 72.5 Å². The van der Waals surface area contributed by atoms with E-state index in [1.54, 1.807) is 38.3 Å². The van der Waals surface area contributed by atoms with E-state index >= 15 is 0 Å². The second-order valence-corrected chi connectivity index (χ2v) is 6.04. The first kappa shape index (κ1) is 20.2. The van der Waals surface area contributed by atoms with Crippen LogP contribution in [0.1, 0.15) is 12.5 Å². The molecule has 26 heavy (non-hydrogen) atoms. The molecule has 0 saturated carbocycles. The number of aliphatic hydroxyl groups is 3. The average Bonchev–Trinajstić information content (AvgIpc) is 2.66. The number of benzene rings is 1. The summed E-state index contributed by atoms with van der Waals surface area (Å²) in [6.07, 6.45) is -2.26. The predicted molar refractivity (Wildman–Crippen MR) is 93.9 cm³/mol. The minimum atomic E-state index is -1.32. The zero-order chi connectivity index (χ0) is 19.3. The fraction of sp³-hybridized carbons (Fsp3) is 0.500. The molecule has 2 rings (SSSR count). The van der Waals surface area contributed by atoms with Gasteiger partial charge in [0.05, 0.1) is 20.3 Å². The van der Waals surface area contributed by atoms with Gasteiger partial charge in [-0.1, -0.05) is 6.07 Å². The van der Waals surface area contributed by atoms with Crippen LogP contribution in [0, 0.1) is 0 Å². The molecule has 0 radical (unpaired) electrons. The monoisotopic (exact) mass is 367 g/mol. The molecule has 5 atom stereocenters. The van der Waals surface area contributed by atoms with Gasteiger partial charge >= 0.3 is 0 Å². The van der Waals surface area contributed by atoms with Crippen molar-refractivity contribution in [1.29, 1.82) is 0 Å². The summed E-state index contributed by atoms with van der Waals surface area (Å²) in [6.45, 7) is 1.59. The molecule has 3 unspecified atom stereocenters. The van der Waals surface area contributed by atoms with E-state index in [1.165, 1.54) is 13.2 Å². The molecule has 1 amide bonds. The first-order chi connectivity index (χ1) is 12.4. The molecule has 1 aromatic carbocycles. The first-order valence-electron chi connectivity index (χ1n) is 8.25. The van der Waals surface area contributed by atoms with Gasteiger partial charge < -0.3 is 34.8 Å². The minimum Gasteiger partial charge on any atom is -0.493 e. The van der Waals surface area contributed by atoms with Crippen molar-refractivity contribution in [2.75, 3.05) is 20.8 Å². The molecule has 1 fully saturated rings. The van der Waals surface area contributed by atoms with Gasteiger partial charge in [0.2, 0.25) is 5.91 Å². The number of aliphatic hydroxyl groups excluding tert-OH is 3. The predicted octanol–water partition coefficient (Wildman–Crippen LogP) is -0.297. The van der Waals surface area contributed by atoms with Crippen LogP contribution in [0.5, 0.6) is 11.5 Å². The van der Waals surface area contributed by atoms with E-state index in [4.69, 9.17) is 14.2 Å². The minimum absolute atomic E-state index is 0.00436. The Morgan fingerprint density at radius 3 is 2.50 bits per heavy atom. The van der Waals surface area contributed by atoms with Crippen LogP contribution in [0.3, 0.4) is 0 Å². The molecule has 4 N–H and O–H groups in total. The number of hydrogen-bond acceptors (Lipinski definition) is 7. The van der Waals surface area contributed by atoms with Crippen molar-refractivity contribution in [3.8, 4) is 11.5 Å². The molecule has 0 aliphatic carbocycles. The Morgan fingerprint density at radius 1 is 1.15 bits per heavy atom. The van der Waals surface area contributed by atoms with Crippen molar-refractivity contribution < 1.29 is 34.3 Å². The molecule has 0 aromatic heterocycles. The van der Waals surface area contributed by atoms with E-state index in [0.29, 0.717) is 11.5 Å². The smallest absolute Gasteiger partial charge is 0.244 e. The van der Waals surface area contributed by atoms with Crippen molar-refractivity contribution in [1.82, 2.24) is 5.32 Å². The third-order valence-electron chi connectivity index (χ3n) is 4.26. The first-order valence-corrected chi connectivity index (χ1v) is 8.25. The highest BCUT2D eigenvalue weighted by Crippen LogP contribution is 2.28. The van der Waals surface area contributed by atoms with Crippen LogP contribution in [0.2, 0.25) is 0 Å². The normalized spacial score (nSPS) is 28.8. The number of nitrogens with one attached hydrogen (secondary N) is 1. The number of carbonyl (C=O) groups is 1. The molecule has 0 bridgehead atoms. The molecule has 8 heteroatoms. The van der Waals surface area contributed by atoms with E-state index in [0.717, 1.165) is 5.56 Å². The molecule has 0 spiro atoms. The third kappa shape index (κ3) is 4.73. The van der Waals surface area contributed by atoms with Gasteiger partial charge in [0.15, 0.2) is 11.5 Å². The summed E-state index contributed by atoms with van der Waals surface area (Å²) in [5.41, 5.74) is 0.749. The molecule has 8 nitrogen and oxygen atoms in total. The Kier molecular flexibility index (Phi) is 6.98. The third-order valence-corrected chi connectivity index (χ3v) is 4.26. The van der Waals surface area contributed by atoms with E-state index < -0.39 is 30.5 Å². The van der Waals surface area contributed by atoms with Gasteiger partial charge in [-0.05, 0) is 30.7 Å². The van der Waals surface area contributed by atoms with Crippen LogP contribution in [-0.2, 0) is 9.53 Å². The van der Waals surface area contributed by atoms with Gasteiger partial charge in [0.1, 0.15) is 24.4 Å². The maximum absolute atomic E-state index is 12.0. The Morgan fingerprint density at radius 2 is 1.85 bits per heavy atom. The number of amides is 1. The average molecular weight is 367 g/mol. The van der Waals surface area contributed by atoms with Gasteiger partial charge in [-0.3, -0.25) is 4.79 Å². The summed E-state index contributed by atoms with van der Waals surface area (Å²) in [4.78, 5) is 12.0. The lowest BCUT2D eigenvalue weighted by molar-refractivity contribution is -0.215. The van der Waals surface area contributed by atoms with Gasteiger partial charge in [-0.25, -0.2) is 0 Å². The SMILES string of the molecule is COc1ccc(/C=C/C(=O)NC[C@H]2OC(C)[C@@H](O)C(O)C2O)cc1OC. The highest BCUT2D eigenvalue weighted by atomic mass is 16.5. The van der Waals surface area contributed by atoms with Crippen molar-refractivity contribution >= 4 is 12.0 Å². The lowest BCUT2D eigenvalue weighted by atomic mass is 9.95. The second-order valence-electron chi connectivity index (χ2n) is 6.04. The molecule has 1 aliphatic rings. The molecular formula is C18H25NO7. The van der Waals surface area contributed by atoms with Crippen molar-refractivity contribution in [3.05, 3.63) is 29.8 Å². The Labute approximate surface area is 152 Å². The van der Waals surface area contributed by atoms with Gasteiger partial charge in [-0.2, -0.15) is 0 Å². The number of rotatable bonds is 6. The lowest BCUT2D eigenvalue weighted by Gasteiger charge is -2.39. The number of carbonyl (C=O) groups excluding carboxylic acids is 1. The highest BCUT2D eigenvalue weighted by Gasteiger charge is 2.41. The number of methoxy groups -OCH3 is 2. The van der Waals surface area contributed by atoms with E-state index in [2.05, 4.69) is 5.32 Å². The molecule has 1 aliphatic heterocycles. The molecule has 1 saturated heterocycles. The summed E-state index contributed by atoms with van der Waals surface area (Å²) < 4.78 is 15.8. The lowest BCUT2D eigenvalue weighted by Crippen LogP contribution is -2.59. The van der Waals surface area contributed by atoms with Crippen LogP contribution < -0.4 is 14.8 Å². The zero-order valence-electron chi connectivity index (χ0n) is 15.0. The van der Waals surface area contributed by atoms with Gasteiger partial charge in [0.25, 0.3) is 0 Å². The summed E-state index contributed by atoms with van der Waals surface area (Å²) in [5, 5.41) is 31.9. The highest BCUT2D eigenvalue weighted by molar-refractivity contribution is 5.91. The van der Waals surface area contributed by atoms with Gasteiger partial charge in [0, 0.05) is 12.6 Å². The molecule has 144 valence electrons. The topological polar surface area (TPSA) is 117 Å². The maximum atomic E-state index is 12.0. The number of ether oxygens (including phenoxy) is 3. The fourth-order valence-corrected chi connectivity index (χ4v) is 2.69. The fourth-order valence-electron chi connectivity index (χ4n) is 2.69. The standard InChI is InChI=1S/C18H25NO7/c1-10-16(21)18(23)17(22)14(26-10)9-19-15(20)7-5-11-4-6-12(24-2)13(8-11)25-3/h4-8,10,14,16-18,21-23H,9H2,1-3H3,(H,19,20)/b7-5+/t10?,14-,16-,17?,18?/m1/s1. The van der Waals surface area contributed by atoms with Crippen molar-refractivity contribution in [2.45, 2.75) is 37.4 Å². The molecular weight excluding hydrogens is 342 g/mol. The van der Waals surface area contributed by atoms with Crippen LogP contribution in [0.25, 0.3) is 6.08 Å². The summed E-state index contributed by atoms with van der Waals surface area (Å²) >= 11 is 0. The van der Waals surface area contributed by atoms with E-state index in [-0.39, 0.29) is 12.5 Å². The summed E-state index contributed by atoms with van der Waals surface area (Å²) in [6, 6.07) is 5.24. The van der Waals surface area contributed by atoms with Crippen LogP contribution >= 0.6 is 0 Å². The number of hydrogen-bond donors (Lipinski definition) is 4. The van der Waals surface area contributed by atoms with E-state index in [1.807, 2.05) is 0 Å². The van der Waals surface area contributed by atoms with Gasteiger partial charge in [-0.15, -0.1) is 0 Å². The Bertz CT molecular complexity index is 648. The van der Waals surface area contributed by atoms with Crippen molar-refractivity contribution in [2.24, 2.45) is 0 Å². The van der Waals surface area contributed by atoms with Crippen LogP contribution in [0.4, 0.5) is 0 Å². The maximum Gasteiger partial charge on any atom is 0.244 e. The van der Waals surface area contributed by atoms with Crippen LogP contribution in [0.15, 0.2) is 24.3 Å². The quantitative estimate of drug-likeness (QED) is 0.510. The second kappa shape index (κ2) is 9.00. The summed E-state index contributed by atoms with van der Waals surface area (Å²) in [7, 11) is 3.07. The zero-order valence-corrected chi connectivity index (χ0v) is 15.0. The largest absolute Gasteiger partial charge is 0.493 e.